The molecule has 0 saturated heterocycles. The van der Waals surface area contributed by atoms with Crippen LogP contribution in [0.2, 0.25) is 5.02 Å². The van der Waals surface area contributed by atoms with Gasteiger partial charge in [0.1, 0.15) is 5.75 Å². The van der Waals surface area contributed by atoms with Crippen LogP contribution in [0.1, 0.15) is 27.3 Å². The molecule has 0 fully saturated rings. The van der Waals surface area contributed by atoms with Crippen LogP contribution >= 0.6 is 11.6 Å². The zero-order chi connectivity index (χ0) is 19.6. The Balaban J connectivity index is 1.68. The molecule has 0 aliphatic carbocycles. The molecule has 0 saturated carbocycles. The standard InChI is InChI=1S/C19H22ClN5O2/c1-13-18(14(2)24(4)22-13)11-23(3)19(26)15-6-5-7-17(8-15)27-12-25-10-16(20)9-21-25/h5-10H,11-12H2,1-4H3. The number of hydrogen-bond acceptors (Lipinski definition) is 4. The van der Waals surface area contributed by atoms with Crippen LogP contribution in [0.5, 0.6) is 5.75 Å². The van der Waals surface area contributed by atoms with E-state index in [4.69, 9.17) is 16.3 Å². The van der Waals surface area contributed by atoms with Gasteiger partial charge in [-0.1, -0.05) is 17.7 Å². The van der Waals surface area contributed by atoms with Gasteiger partial charge in [0.05, 0.1) is 16.9 Å². The Bertz CT molecular complexity index is 963. The number of benzene rings is 1. The van der Waals surface area contributed by atoms with Crippen LogP contribution in [0.3, 0.4) is 0 Å². The molecule has 2 heterocycles. The van der Waals surface area contributed by atoms with Crippen molar-refractivity contribution in [3.8, 4) is 5.75 Å². The summed E-state index contributed by atoms with van der Waals surface area (Å²) in [5, 5.41) is 9.01. The molecule has 0 bridgehead atoms. The lowest BCUT2D eigenvalue weighted by molar-refractivity contribution is 0.0784. The lowest BCUT2D eigenvalue weighted by atomic mass is 10.1. The van der Waals surface area contributed by atoms with Gasteiger partial charge >= 0.3 is 0 Å². The smallest absolute Gasteiger partial charge is 0.254 e. The van der Waals surface area contributed by atoms with E-state index in [1.165, 1.54) is 0 Å². The summed E-state index contributed by atoms with van der Waals surface area (Å²) in [5.74, 6) is 0.514. The lowest BCUT2D eigenvalue weighted by Gasteiger charge is -2.18. The van der Waals surface area contributed by atoms with E-state index in [9.17, 15) is 4.79 Å². The van der Waals surface area contributed by atoms with Crippen LogP contribution in [-0.4, -0.2) is 37.4 Å². The minimum absolute atomic E-state index is 0.0785. The van der Waals surface area contributed by atoms with Gasteiger partial charge in [-0.05, 0) is 32.0 Å². The summed E-state index contributed by atoms with van der Waals surface area (Å²) in [4.78, 5) is 14.5. The van der Waals surface area contributed by atoms with E-state index in [0.717, 1.165) is 17.0 Å². The Morgan fingerprint density at radius 2 is 2.11 bits per heavy atom. The molecule has 8 heteroatoms. The van der Waals surface area contributed by atoms with Gasteiger partial charge in [-0.2, -0.15) is 10.2 Å². The lowest BCUT2D eigenvalue weighted by Crippen LogP contribution is -2.26. The Hall–Kier alpha value is -2.80. The minimum Gasteiger partial charge on any atom is -0.471 e. The molecule has 3 aromatic rings. The zero-order valence-electron chi connectivity index (χ0n) is 15.8. The van der Waals surface area contributed by atoms with Crippen LogP contribution in [-0.2, 0) is 20.3 Å². The van der Waals surface area contributed by atoms with Gasteiger partial charge < -0.3 is 9.64 Å². The molecule has 0 unspecified atom stereocenters. The van der Waals surface area contributed by atoms with E-state index < -0.39 is 0 Å². The average Bonchev–Trinajstić information content (AvgIpc) is 3.17. The molecule has 7 nitrogen and oxygen atoms in total. The zero-order valence-corrected chi connectivity index (χ0v) is 16.6. The molecule has 0 spiro atoms. The van der Waals surface area contributed by atoms with Crippen LogP contribution in [0.25, 0.3) is 0 Å². The molecule has 27 heavy (non-hydrogen) atoms. The normalized spacial score (nSPS) is 10.9. The first-order valence-corrected chi connectivity index (χ1v) is 8.88. The van der Waals surface area contributed by atoms with Gasteiger partial charge in [-0.15, -0.1) is 0 Å². The Labute approximate surface area is 163 Å². The molecule has 0 atom stereocenters. The monoisotopic (exact) mass is 387 g/mol. The molecule has 0 radical (unpaired) electrons. The molecule has 2 aromatic heterocycles. The number of carbonyl (C=O) groups is 1. The summed E-state index contributed by atoms with van der Waals surface area (Å²) in [6.45, 7) is 4.68. The molecule has 142 valence electrons. The molecule has 3 rings (SSSR count). The second-order valence-electron chi connectivity index (χ2n) is 6.43. The highest BCUT2D eigenvalue weighted by atomic mass is 35.5. The van der Waals surface area contributed by atoms with E-state index >= 15 is 0 Å². The minimum atomic E-state index is -0.0785. The van der Waals surface area contributed by atoms with E-state index in [1.54, 1.807) is 53.3 Å². The van der Waals surface area contributed by atoms with Crippen molar-refractivity contribution in [1.82, 2.24) is 24.5 Å². The quantitative estimate of drug-likeness (QED) is 0.651. The molecule has 1 aromatic carbocycles. The van der Waals surface area contributed by atoms with E-state index in [1.807, 2.05) is 25.6 Å². The van der Waals surface area contributed by atoms with E-state index in [0.29, 0.717) is 22.9 Å². The maximum Gasteiger partial charge on any atom is 0.254 e. The third-order valence-electron chi connectivity index (χ3n) is 4.45. The van der Waals surface area contributed by atoms with Gasteiger partial charge in [0.2, 0.25) is 0 Å². The van der Waals surface area contributed by atoms with Crippen molar-refractivity contribution in [2.24, 2.45) is 7.05 Å². The predicted octanol–water partition coefficient (Wildman–Crippen LogP) is 3.20. The van der Waals surface area contributed by atoms with Crippen LogP contribution in [0, 0.1) is 13.8 Å². The summed E-state index contributed by atoms with van der Waals surface area (Å²) >= 11 is 5.84. The van der Waals surface area contributed by atoms with Crippen molar-refractivity contribution in [2.45, 2.75) is 27.1 Å². The highest BCUT2D eigenvalue weighted by Crippen LogP contribution is 2.18. The van der Waals surface area contributed by atoms with Gasteiger partial charge in [0, 0.05) is 43.7 Å². The third-order valence-corrected chi connectivity index (χ3v) is 4.64. The highest BCUT2D eigenvalue weighted by molar-refractivity contribution is 6.30. The summed E-state index contributed by atoms with van der Waals surface area (Å²) in [6, 6.07) is 7.11. The fourth-order valence-corrected chi connectivity index (χ4v) is 3.00. The van der Waals surface area contributed by atoms with Crippen molar-refractivity contribution in [1.29, 1.82) is 0 Å². The number of halogens is 1. The first kappa shape index (κ1) is 19.0. The van der Waals surface area contributed by atoms with Crippen LogP contribution in [0.15, 0.2) is 36.7 Å². The number of amides is 1. The van der Waals surface area contributed by atoms with Crippen molar-refractivity contribution in [3.63, 3.8) is 0 Å². The average molecular weight is 388 g/mol. The number of nitrogens with zero attached hydrogens (tertiary/aromatic N) is 5. The Kier molecular flexibility index (Phi) is 5.51. The number of carbonyl (C=O) groups excluding carboxylic acids is 1. The largest absolute Gasteiger partial charge is 0.471 e. The van der Waals surface area contributed by atoms with Crippen molar-refractivity contribution in [2.75, 3.05) is 7.05 Å². The first-order valence-electron chi connectivity index (χ1n) is 8.50. The van der Waals surface area contributed by atoms with Crippen LogP contribution in [0.4, 0.5) is 0 Å². The van der Waals surface area contributed by atoms with Gasteiger partial charge in [0.15, 0.2) is 6.73 Å². The number of ether oxygens (including phenoxy) is 1. The maximum atomic E-state index is 12.8. The third kappa shape index (κ3) is 4.31. The second kappa shape index (κ2) is 7.84. The highest BCUT2D eigenvalue weighted by Gasteiger charge is 2.17. The molecule has 1 amide bonds. The van der Waals surface area contributed by atoms with E-state index in [-0.39, 0.29) is 12.6 Å². The maximum absolute atomic E-state index is 12.8. The Morgan fingerprint density at radius 3 is 2.74 bits per heavy atom. The fraction of sp³-hybridized carbons (Fsp3) is 0.316. The van der Waals surface area contributed by atoms with Crippen molar-refractivity contribution >= 4 is 17.5 Å². The summed E-state index contributed by atoms with van der Waals surface area (Å²) in [5.41, 5.74) is 3.62. The SMILES string of the molecule is Cc1nn(C)c(C)c1CN(C)C(=O)c1cccc(OCn2cc(Cl)cn2)c1. The van der Waals surface area contributed by atoms with E-state index in [2.05, 4.69) is 10.2 Å². The van der Waals surface area contributed by atoms with Gasteiger partial charge in [-0.25, -0.2) is 4.68 Å². The van der Waals surface area contributed by atoms with Crippen LogP contribution < -0.4 is 4.74 Å². The summed E-state index contributed by atoms with van der Waals surface area (Å²) < 4.78 is 9.11. The number of hydrogen-bond donors (Lipinski definition) is 0. The summed E-state index contributed by atoms with van der Waals surface area (Å²) in [7, 11) is 3.69. The number of aromatic nitrogens is 4. The van der Waals surface area contributed by atoms with Crippen molar-refractivity contribution in [3.05, 3.63) is 64.2 Å². The molecule has 0 N–H and O–H groups in total. The Morgan fingerprint density at radius 1 is 1.33 bits per heavy atom. The predicted molar refractivity (Wildman–Crippen MR) is 103 cm³/mol. The molecule has 0 aliphatic heterocycles. The number of rotatable bonds is 6. The number of aryl methyl sites for hydroxylation is 2. The second-order valence-corrected chi connectivity index (χ2v) is 6.87. The van der Waals surface area contributed by atoms with Gasteiger partial charge in [0.25, 0.3) is 5.91 Å². The van der Waals surface area contributed by atoms with Gasteiger partial charge in [-0.3, -0.25) is 9.48 Å². The molecular weight excluding hydrogens is 366 g/mol. The molecular formula is C19H22ClN5O2. The first-order chi connectivity index (χ1) is 12.8. The van der Waals surface area contributed by atoms with Crippen molar-refractivity contribution < 1.29 is 9.53 Å². The fourth-order valence-electron chi connectivity index (χ4n) is 2.84. The molecule has 0 aliphatic rings. The topological polar surface area (TPSA) is 65.2 Å². The summed E-state index contributed by atoms with van der Waals surface area (Å²) in [6.07, 6.45) is 3.21.